The Hall–Kier alpha value is -1.69. The summed E-state index contributed by atoms with van der Waals surface area (Å²) in [6.45, 7) is 0.327. The maximum absolute atomic E-state index is 12.8. The van der Waals surface area contributed by atoms with E-state index in [0.717, 1.165) is 11.6 Å². The van der Waals surface area contributed by atoms with Gasteiger partial charge in [0.2, 0.25) is 0 Å². The fourth-order valence-corrected chi connectivity index (χ4v) is 2.19. The molecule has 2 N–H and O–H groups in total. The molecular weight excluding hydrogens is 335 g/mol. The molecule has 0 saturated heterocycles. The van der Waals surface area contributed by atoms with Crippen LogP contribution in [0.15, 0.2) is 46.9 Å². The third kappa shape index (κ3) is 3.66. The number of phenols is 1. The van der Waals surface area contributed by atoms with E-state index >= 15 is 0 Å². The monoisotopic (exact) mass is 345 g/mol. The third-order valence-corrected chi connectivity index (χ3v) is 3.37. The lowest BCUT2D eigenvalue weighted by Gasteiger charge is -2.12. The van der Waals surface area contributed by atoms with E-state index in [1.807, 2.05) is 0 Å². The van der Waals surface area contributed by atoms with Crippen LogP contribution < -0.4 is 5.32 Å². The second-order valence-electron chi connectivity index (χ2n) is 4.22. The number of alkyl halides is 3. The van der Waals surface area contributed by atoms with Gasteiger partial charge in [-0.15, -0.1) is 0 Å². The predicted molar refractivity (Wildman–Crippen MR) is 74.6 cm³/mol. The van der Waals surface area contributed by atoms with E-state index in [1.165, 1.54) is 12.1 Å². The lowest BCUT2D eigenvalue weighted by molar-refractivity contribution is -0.138. The first-order valence-corrected chi connectivity index (χ1v) is 6.54. The van der Waals surface area contributed by atoms with Gasteiger partial charge in [0.05, 0.1) is 5.56 Å². The Morgan fingerprint density at radius 3 is 2.50 bits per heavy atom. The Morgan fingerprint density at radius 1 is 1.10 bits per heavy atom. The number of hydrogen-bond acceptors (Lipinski definition) is 2. The molecule has 0 unspecified atom stereocenters. The van der Waals surface area contributed by atoms with E-state index in [4.69, 9.17) is 0 Å². The largest absolute Gasteiger partial charge is 0.508 e. The molecule has 0 aliphatic heterocycles. The van der Waals surface area contributed by atoms with Crippen molar-refractivity contribution in [2.24, 2.45) is 0 Å². The predicted octanol–water partition coefficient (Wildman–Crippen LogP) is 4.79. The topological polar surface area (TPSA) is 32.3 Å². The van der Waals surface area contributed by atoms with Crippen LogP contribution in [0.5, 0.6) is 5.75 Å². The first kappa shape index (κ1) is 14.7. The maximum Gasteiger partial charge on any atom is 0.417 e. The molecule has 2 aromatic rings. The summed E-state index contributed by atoms with van der Waals surface area (Å²) in [4.78, 5) is 0. The van der Waals surface area contributed by atoms with Crippen molar-refractivity contribution in [3.8, 4) is 5.75 Å². The molecule has 0 fully saturated rings. The van der Waals surface area contributed by atoms with Gasteiger partial charge in [0.25, 0.3) is 0 Å². The summed E-state index contributed by atoms with van der Waals surface area (Å²) in [5.74, 6) is 0.121. The number of phenolic OH excluding ortho intramolecular Hbond substituents is 1. The van der Waals surface area contributed by atoms with E-state index in [2.05, 4.69) is 21.2 Å². The van der Waals surface area contributed by atoms with Crippen molar-refractivity contribution >= 4 is 21.6 Å². The summed E-state index contributed by atoms with van der Waals surface area (Å²) in [6.07, 6.45) is -4.40. The summed E-state index contributed by atoms with van der Waals surface area (Å²) in [5.41, 5.74) is 0.420. The molecule has 106 valence electrons. The number of aromatic hydroxyl groups is 1. The van der Waals surface area contributed by atoms with Gasteiger partial charge in [-0.3, -0.25) is 0 Å². The van der Waals surface area contributed by atoms with Crippen LogP contribution in [0.25, 0.3) is 0 Å². The Morgan fingerprint density at radius 2 is 1.85 bits per heavy atom. The summed E-state index contributed by atoms with van der Waals surface area (Å²) in [5, 5.41) is 12.2. The van der Waals surface area contributed by atoms with Gasteiger partial charge in [-0.2, -0.15) is 13.2 Å². The van der Waals surface area contributed by atoms with Crippen molar-refractivity contribution in [3.63, 3.8) is 0 Å². The van der Waals surface area contributed by atoms with Crippen LogP contribution in [0.2, 0.25) is 0 Å². The number of hydrogen-bond donors (Lipinski definition) is 2. The Labute approximate surface area is 122 Å². The normalized spacial score (nSPS) is 11.4. The molecule has 0 saturated carbocycles. The standard InChI is InChI=1S/C14H11BrF3NO/c15-13-5-4-10(7-12(13)14(16,17)18)19-8-9-2-1-3-11(20)6-9/h1-7,19-20H,8H2. The molecule has 0 spiro atoms. The summed E-state index contributed by atoms with van der Waals surface area (Å²) < 4.78 is 38.3. The van der Waals surface area contributed by atoms with Crippen molar-refractivity contribution < 1.29 is 18.3 Å². The highest BCUT2D eigenvalue weighted by Gasteiger charge is 2.33. The van der Waals surface area contributed by atoms with Crippen molar-refractivity contribution in [1.29, 1.82) is 0 Å². The second-order valence-corrected chi connectivity index (χ2v) is 5.07. The highest BCUT2D eigenvalue weighted by Crippen LogP contribution is 2.36. The average Bonchev–Trinajstić information content (AvgIpc) is 2.36. The number of rotatable bonds is 3. The van der Waals surface area contributed by atoms with E-state index in [-0.39, 0.29) is 10.2 Å². The smallest absolute Gasteiger partial charge is 0.417 e. The fraction of sp³-hybridized carbons (Fsp3) is 0.143. The van der Waals surface area contributed by atoms with Crippen molar-refractivity contribution in [3.05, 3.63) is 58.1 Å². The summed E-state index contributed by atoms with van der Waals surface area (Å²) >= 11 is 2.89. The van der Waals surface area contributed by atoms with Gasteiger partial charge < -0.3 is 10.4 Å². The highest BCUT2D eigenvalue weighted by atomic mass is 79.9. The van der Waals surface area contributed by atoms with Crippen LogP contribution in [0, 0.1) is 0 Å². The lowest BCUT2D eigenvalue weighted by Crippen LogP contribution is -2.07. The van der Waals surface area contributed by atoms with Crippen LogP contribution in [0.3, 0.4) is 0 Å². The van der Waals surface area contributed by atoms with Crippen LogP contribution in [0.4, 0.5) is 18.9 Å². The number of benzene rings is 2. The van der Waals surface area contributed by atoms with E-state index in [0.29, 0.717) is 12.2 Å². The maximum atomic E-state index is 12.8. The first-order valence-electron chi connectivity index (χ1n) is 5.75. The zero-order chi connectivity index (χ0) is 14.8. The van der Waals surface area contributed by atoms with Gasteiger partial charge in [-0.05, 0) is 35.9 Å². The second kappa shape index (κ2) is 5.75. The molecule has 6 heteroatoms. The number of anilines is 1. The zero-order valence-electron chi connectivity index (χ0n) is 10.2. The molecule has 0 aliphatic carbocycles. The van der Waals surface area contributed by atoms with Crippen LogP contribution in [-0.2, 0) is 12.7 Å². The molecule has 0 aliphatic rings. The van der Waals surface area contributed by atoms with Gasteiger partial charge in [0.15, 0.2) is 0 Å². The van der Waals surface area contributed by atoms with Gasteiger partial charge in [-0.1, -0.05) is 28.1 Å². The summed E-state index contributed by atoms with van der Waals surface area (Å²) in [6, 6.07) is 10.5. The number of halogens is 4. The van der Waals surface area contributed by atoms with Gasteiger partial charge >= 0.3 is 6.18 Å². The van der Waals surface area contributed by atoms with Crippen molar-refractivity contribution in [2.45, 2.75) is 12.7 Å². The van der Waals surface area contributed by atoms with Crippen LogP contribution in [-0.4, -0.2) is 5.11 Å². The molecule has 2 nitrogen and oxygen atoms in total. The first-order chi connectivity index (χ1) is 9.36. The minimum Gasteiger partial charge on any atom is -0.508 e. The quantitative estimate of drug-likeness (QED) is 0.838. The SMILES string of the molecule is Oc1cccc(CNc2ccc(Br)c(C(F)(F)F)c2)c1. The van der Waals surface area contributed by atoms with Crippen LogP contribution in [0.1, 0.15) is 11.1 Å². The summed E-state index contributed by atoms with van der Waals surface area (Å²) in [7, 11) is 0. The van der Waals surface area contributed by atoms with E-state index < -0.39 is 11.7 Å². The highest BCUT2D eigenvalue weighted by molar-refractivity contribution is 9.10. The van der Waals surface area contributed by atoms with E-state index in [1.54, 1.807) is 24.3 Å². The zero-order valence-corrected chi connectivity index (χ0v) is 11.8. The van der Waals surface area contributed by atoms with Crippen LogP contribution >= 0.6 is 15.9 Å². The van der Waals surface area contributed by atoms with Crippen molar-refractivity contribution in [2.75, 3.05) is 5.32 Å². The fourth-order valence-electron chi connectivity index (χ4n) is 1.72. The Balaban J connectivity index is 2.14. The minimum absolute atomic E-state index is 0.00732. The van der Waals surface area contributed by atoms with Gasteiger partial charge in [0.1, 0.15) is 5.75 Å². The molecule has 20 heavy (non-hydrogen) atoms. The number of nitrogens with one attached hydrogen (secondary N) is 1. The molecule has 0 bridgehead atoms. The molecule has 0 atom stereocenters. The molecule has 0 radical (unpaired) electrons. The van der Waals surface area contributed by atoms with Crippen molar-refractivity contribution in [1.82, 2.24) is 0 Å². The molecule has 0 aromatic heterocycles. The molecule has 2 rings (SSSR count). The molecule has 0 heterocycles. The third-order valence-electron chi connectivity index (χ3n) is 2.68. The van der Waals surface area contributed by atoms with E-state index in [9.17, 15) is 18.3 Å². The van der Waals surface area contributed by atoms with Gasteiger partial charge in [-0.25, -0.2) is 0 Å². The average molecular weight is 346 g/mol. The Kier molecular flexibility index (Phi) is 4.23. The lowest BCUT2D eigenvalue weighted by atomic mass is 10.1. The minimum atomic E-state index is -4.40. The molecular formula is C14H11BrF3NO. The molecule has 2 aromatic carbocycles. The molecule has 0 amide bonds. The van der Waals surface area contributed by atoms with Gasteiger partial charge in [0, 0.05) is 16.7 Å². The Bertz CT molecular complexity index is 614.